The predicted octanol–water partition coefficient (Wildman–Crippen LogP) is 3.07. The molecule has 12 heteroatoms. The molecule has 0 saturated heterocycles. The summed E-state index contributed by atoms with van der Waals surface area (Å²) in [6.45, 7) is 0.366. The molecule has 0 fully saturated rings. The lowest BCUT2D eigenvalue weighted by Gasteiger charge is -2.06. The van der Waals surface area contributed by atoms with Crippen LogP contribution in [0, 0.1) is 5.82 Å². The minimum Gasteiger partial charge on any atom is -0.370 e. The molecule has 0 bridgehead atoms. The Kier molecular flexibility index (Phi) is 5.64. The van der Waals surface area contributed by atoms with Gasteiger partial charge in [-0.05, 0) is 30.2 Å². The normalized spacial score (nSPS) is 11.1. The summed E-state index contributed by atoms with van der Waals surface area (Å²) in [6, 6.07) is 8.30. The van der Waals surface area contributed by atoms with Crippen molar-refractivity contribution in [3.05, 3.63) is 71.8 Å². The number of carbonyl (C=O) groups excluding carboxylic acids is 2. The van der Waals surface area contributed by atoms with E-state index in [1.54, 1.807) is 42.0 Å². The maximum atomic E-state index is 13.8. The van der Waals surface area contributed by atoms with E-state index in [2.05, 4.69) is 34.7 Å². The smallest absolute Gasteiger partial charge is 0.279 e. The number of para-hydroxylation sites is 1. The van der Waals surface area contributed by atoms with Crippen LogP contribution in [0.1, 0.15) is 26.5 Å². The molecule has 4 aromatic heterocycles. The number of aromatic amines is 1. The van der Waals surface area contributed by atoms with Crippen LogP contribution < -0.4 is 16.0 Å². The summed E-state index contributed by atoms with van der Waals surface area (Å²) in [5.41, 5.74) is 2.96. The second-order valence-electron chi connectivity index (χ2n) is 7.45. The maximum Gasteiger partial charge on any atom is 0.279 e. The van der Waals surface area contributed by atoms with E-state index >= 15 is 0 Å². The first-order chi connectivity index (χ1) is 16.5. The number of pyridine rings is 1. The van der Waals surface area contributed by atoms with E-state index in [9.17, 15) is 14.0 Å². The highest BCUT2D eigenvalue weighted by molar-refractivity contribution is 6.99. The Bertz CT molecular complexity index is 1520. The molecule has 0 atom stereocenters. The Hall–Kier alpha value is -4.32. The summed E-state index contributed by atoms with van der Waals surface area (Å²) in [4.78, 5) is 32.3. The number of carbonyl (C=O) groups is 2. The zero-order valence-corrected chi connectivity index (χ0v) is 18.7. The molecule has 0 unspecified atom stereocenters. The Morgan fingerprint density at radius 1 is 1.15 bits per heavy atom. The molecule has 5 rings (SSSR count). The lowest BCUT2D eigenvalue weighted by atomic mass is 10.1. The van der Waals surface area contributed by atoms with Gasteiger partial charge in [0.25, 0.3) is 11.8 Å². The number of H-pyrrole nitrogens is 1. The van der Waals surface area contributed by atoms with Crippen LogP contribution in [0.2, 0.25) is 0 Å². The van der Waals surface area contributed by atoms with Gasteiger partial charge >= 0.3 is 0 Å². The van der Waals surface area contributed by atoms with Crippen LogP contribution in [0.5, 0.6) is 0 Å². The van der Waals surface area contributed by atoms with Crippen LogP contribution in [0.25, 0.3) is 16.4 Å². The zero-order valence-electron chi connectivity index (χ0n) is 17.9. The van der Waals surface area contributed by atoms with E-state index < -0.39 is 5.91 Å². The highest BCUT2D eigenvalue weighted by atomic mass is 32.1. The van der Waals surface area contributed by atoms with Gasteiger partial charge in [0.05, 0.1) is 28.4 Å². The van der Waals surface area contributed by atoms with Gasteiger partial charge in [0.15, 0.2) is 17.2 Å². The fourth-order valence-electron chi connectivity index (χ4n) is 3.72. The standard InChI is InChI=1S/C22H19FN8O2S/c1-24-20-19(29-34-30-20)22(33)28-13-5-6-16-18(27-11-31(16)10-13)21(32)25-8-7-12-9-26-17-14(12)3-2-4-15(17)23/h2-6,9-11,26H,7-8H2,1H3,(H,24,30)(H,25,32)(H,28,33). The van der Waals surface area contributed by atoms with Gasteiger partial charge in [0.1, 0.15) is 12.1 Å². The van der Waals surface area contributed by atoms with Gasteiger partial charge in [-0.25, -0.2) is 9.37 Å². The largest absolute Gasteiger partial charge is 0.370 e. The van der Waals surface area contributed by atoms with Crippen molar-refractivity contribution in [2.45, 2.75) is 6.42 Å². The van der Waals surface area contributed by atoms with E-state index in [4.69, 9.17) is 0 Å². The fourth-order valence-corrected chi connectivity index (χ4v) is 4.27. The number of rotatable bonds is 7. The molecular weight excluding hydrogens is 459 g/mol. The molecule has 0 aliphatic heterocycles. The van der Waals surface area contributed by atoms with Gasteiger partial charge < -0.3 is 25.3 Å². The zero-order chi connectivity index (χ0) is 23.7. The molecule has 2 amide bonds. The summed E-state index contributed by atoms with van der Waals surface area (Å²) >= 11 is 0.944. The SMILES string of the molecule is CNc1nsnc1C(=O)Nc1ccc2c(C(=O)NCCc3c[nH]c4c(F)cccc34)ncn2c1. The number of anilines is 2. The van der Waals surface area contributed by atoms with Crippen LogP contribution in [0.3, 0.4) is 0 Å². The molecule has 172 valence electrons. The van der Waals surface area contributed by atoms with E-state index in [1.807, 2.05) is 6.07 Å². The number of amides is 2. The quantitative estimate of drug-likeness (QED) is 0.285. The number of benzene rings is 1. The third-order valence-corrected chi connectivity index (χ3v) is 5.90. The third kappa shape index (κ3) is 3.94. The van der Waals surface area contributed by atoms with Crippen molar-refractivity contribution in [2.24, 2.45) is 0 Å². The number of aromatic nitrogens is 5. The number of halogens is 1. The fraction of sp³-hybridized carbons (Fsp3) is 0.136. The number of hydrogen-bond acceptors (Lipinski definition) is 7. The molecule has 5 aromatic rings. The summed E-state index contributed by atoms with van der Waals surface area (Å²) < 4.78 is 23.5. The van der Waals surface area contributed by atoms with Gasteiger partial charge in [-0.1, -0.05) is 12.1 Å². The van der Waals surface area contributed by atoms with Crippen molar-refractivity contribution in [3.8, 4) is 0 Å². The van der Waals surface area contributed by atoms with Crippen LogP contribution in [-0.2, 0) is 6.42 Å². The molecule has 4 heterocycles. The highest BCUT2D eigenvalue weighted by Crippen LogP contribution is 2.21. The number of nitrogens with one attached hydrogen (secondary N) is 4. The lowest BCUT2D eigenvalue weighted by molar-refractivity contribution is 0.0950. The lowest BCUT2D eigenvalue weighted by Crippen LogP contribution is -2.26. The van der Waals surface area contributed by atoms with E-state index in [-0.39, 0.29) is 23.1 Å². The molecule has 34 heavy (non-hydrogen) atoms. The second kappa shape index (κ2) is 8.90. The molecule has 10 nitrogen and oxygen atoms in total. The van der Waals surface area contributed by atoms with Crippen molar-refractivity contribution in [2.75, 3.05) is 24.2 Å². The maximum absolute atomic E-state index is 13.8. The summed E-state index contributed by atoms with van der Waals surface area (Å²) in [7, 11) is 1.66. The number of fused-ring (bicyclic) bond motifs is 2. The minimum atomic E-state index is -0.396. The second-order valence-corrected chi connectivity index (χ2v) is 7.98. The Morgan fingerprint density at radius 3 is 2.88 bits per heavy atom. The van der Waals surface area contributed by atoms with Gasteiger partial charge in [0.2, 0.25) is 0 Å². The average molecular weight is 479 g/mol. The predicted molar refractivity (Wildman–Crippen MR) is 127 cm³/mol. The Morgan fingerprint density at radius 2 is 2.03 bits per heavy atom. The van der Waals surface area contributed by atoms with Crippen molar-refractivity contribution >= 4 is 51.5 Å². The highest BCUT2D eigenvalue weighted by Gasteiger charge is 2.17. The van der Waals surface area contributed by atoms with Crippen molar-refractivity contribution in [1.82, 2.24) is 28.4 Å². The molecule has 0 aliphatic carbocycles. The van der Waals surface area contributed by atoms with Gasteiger partial charge in [-0.2, -0.15) is 8.75 Å². The van der Waals surface area contributed by atoms with Crippen LogP contribution >= 0.6 is 11.7 Å². The monoisotopic (exact) mass is 478 g/mol. The molecule has 0 saturated carbocycles. The van der Waals surface area contributed by atoms with E-state index in [0.29, 0.717) is 35.5 Å². The molecule has 0 aliphatic rings. The molecule has 0 radical (unpaired) electrons. The first-order valence-electron chi connectivity index (χ1n) is 10.4. The third-order valence-electron chi connectivity index (χ3n) is 5.37. The van der Waals surface area contributed by atoms with E-state index in [1.165, 1.54) is 12.4 Å². The van der Waals surface area contributed by atoms with Crippen molar-refractivity contribution < 1.29 is 14.0 Å². The van der Waals surface area contributed by atoms with E-state index in [0.717, 1.165) is 22.7 Å². The summed E-state index contributed by atoms with van der Waals surface area (Å²) in [5.74, 6) is -0.619. The summed E-state index contributed by atoms with van der Waals surface area (Å²) in [5, 5.41) is 9.24. The van der Waals surface area contributed by atoms with Crippen molar-refractivity contribution in [3.63, 3.8) is 0 Å². The minimum absolute atomic E-state index is 0.205. The Balaban J connectivity index is 1.25. The summed E-state index contributed by atoms with van der Waals surface area (Å²) in [6.07, 6.45) is 5.46. The average Bonchev–Trinajstić information content (AvgIpc) is 3.57. The first-order valence-corrected chi connectivity index (χ1v) is 11.1. The first kappa shape index (κ1) is 21.5. The van der Waals surface area contributed by atoms with Crippen LogP contribution in [0.15, 0.2) is 49.1 Å². The molecule has 1 aromatic carbocycles. The molecule has 0 spiro atoms. The van der Waals surface area contributed by atoms with Gasteiger partial charge in [-0.3, -0.25) is 9.59 Å². The molecule has 4 N–H and O–H groups in total. The topological polar surface area (TPSA) is 129 Å². The van der Waals surface area contributed by atoms with Gasteiger partial charge in [-0.15, -0.1) is 0 Å². The van der Waals surface area contributed by atoms with Crippen LogP contribution in [-0.4, -0.2) is 48.5 Å². The number of nitrogens with zero attached hydrogens (tertiary/aromatic N) is 4. The number of hydrogen-bond donors (Lipinski definition) is 4. The van der Waals surface area contributed by atoms with Gasteiger partial charge in [0, 0.05) is 31.4 Å². The molecular formula is C22H19FN8O2S. The Labute approximate surface area is 196 Å². The van der Waals surface area contributed by atoms with Crippen molar-refractivity contribution in [1.29, 1.82) is 0 Å². The van der Waals surface area contributed by atoms with Crippen LogP contribution in [0.4, 0.5) is 15.9 Å². The number of imidazole rings is 1.